The Morgan fingerprint density at radius 2 is 2.47 bits per heavy atom. The minimum Gasteiger partial charge on any atom is -0.346 e. The Balaban J connectivity index is 1.91. The number of rotatable bonds is 3. The first-order valence-electron chi connectivity index (χ1n) is 4.14. The van der Waals surface area contributed by atoms with Gasteiger partial charge in [-0.05, 0) is 12.1 Å². The molecular formula is C8H7ClN4OS. The topological polar surface area (TPSA) is 70.7 Å². The molecule has 2 aromatic rings. The van der Waals surface area contributed by atoms with Crippen molar-refractivity contribution in [2.24, 2.45) is 0 Å². The summed E-state index contributed by atoms with van der Waals surface area (Å²) in [4.78, 5) is 12.4. The highest BCUT2D eigenvalue weighted by atomic mass is 35.5. The molecule has 15 heavy (non-hydrogen) atoms. The number of hydrogen-bond acceptors (Lipinski definition) is 4. The molecule has 0 saturated heterocycles. The van der Waals surface area contributed by atoms with Gasteiger partial charge in [-0.1, -0.05) is 11.6 Å². The fourth-order valence-electron chi connectivity index (χ4n) is 1.02. The molecule has 0 aliphatic carbocycles. The second-order valence-electron chi connectivity index (χ2n) is 2.74. The van der Waals surface area contributed by atoms with E-state index < -0.39 is 0 Å². The van der Waals surface area contributed by atoms with Crippen LogP contribution in [0.15, 0.2) is 18.3 Å². The zero-order valence-corrected chi connectivity index (χ0v) is 9.10. The smallest absolute Gasteiger partial charge is 0.273 e. The van der Waals surface area contributed by atoms with Crippen molar-refractivity contribution in [1.29, 1.82) is 0 Å². The number of aromatic amines is 1. The van der Waals surface area contributed by atoms with E-state index in [1.807, 2.05) is 6.07 Å². The molecular weight excluding hydrogens is 236 g/mol. The summed E-state index contributed by atoms with van der Waals surface area (Å²) in [5.74, 6) is -0.256. The van der Waals surface area contributed by atoms with Crippen molar-refractivity contribution < 1.29 is 4.79 Å². The number of amides is 1. The van der Waals surface area contributed by atoms with Crippen molar-refractivity contribution in [1.82, 2.24) is 20.7 Å². The number of aromatic nitrogens is 3. The first kappa shape index (κ1) is 10.1. The van der Waals surface area contributed by atoms with Gasteiger partial charge in [0, 0.05) is 4.88 Å². The van der Waals surface area contributed by atoms with Gasteiger partial charge in [-0.15, -0.1) is 11.3 Å². The van der Waals surface area contributed by atoms with Gasteiger partial charge >= 0.3 is 0 Å². The number of hydrogen-bond donors (Lipinski definition) is 2. The molecule has 0 fully saturated rings. The van der Waals surface area contributed by atoms with Crippen molar-refractivity contribution in [3.05, 3.63) is 33.2 Å². The average Bonchev–Trinajstić information content (AvgIpc) is 2.84. The number of H-pyrrole nitrogens is 1. The molecule has 2 rings (SSSR count). The Labute approximate surface area is 94.5 Å². The molecule has 0 spiro atoms. The van der Waals surface area contributed by atoms with Gasteiger partial charge in [0.15, 0.2) is 5.69 Å². The summed E-state index contributed by atoms with van der Waals surface area (Å²) in [7, 11) is 0. The quantitative estimate of drug-likeness (QED) is 0.856. The van der Waals surface area contributed by atoms with Crippen LogP contribution in [0.1, 0.15) is 15.4 Å². The van der Waals surface area contributed by atoms with E-state index in [9.17, 15) is 4.79 Å². The second-order valence-corrected chi connectivity index (χ2v) is 4.54. The van der Waals surface area contributed by atoms with Crippen LogP contribution in [0.5, 0.6) is 0 Å². The lowest BCUT2D eigenvalue weighted by Crippen LogP contribution is -2.22. The Morgan fingerprint density at radius 1 is 1.60 bits per heavy atom. The third kappa shape index (κ3) is 2.54. The zero-order valence-electron chi connectivity index (χ0n) is 7.53. The second kappa shape index (κ2) is 4.41. The summed E-state index contributed by atoms with van der Waals surface area (Å²) < 4.78 is 0.709. The molecule has 0 bridgehead atoms. The van der Waals surface area contributed by atoms with E-state index in [0.29, 0.717) is 10.9 Å². The van der Waals surface area contributed by atoms with Crippen LogP contribution in [0.25, 0.3) is 0 Å². The molecule has 0 radical (unpaired) electrons. The molecule has 2 aromatic heterocycles. The molecule has 0 aliphatic rings. The molecule has 0 unspecified atom stereocenters. The van der Waals surface area contributed by atoms with Crippen LogP contribution in [0.2, 0.25) is 4.34 Å². The van der Waals surface area contributed by atoms with Crippen molar-refractivity contribution in [2.75, 3.05) is 0 Å². The lowest BCUT2D eigenvalue weighted by atomic mass is 10.4. The average molecular weight is 243 g/mol. The van der Waals surface area contributed by atoms with Gasteiger partial charge < -0.3 is 5.32 Å². The maximum absolute atomic E-state index is 11.4. The highest BCUT2D eigenvalue weighted by molar-refractivity contribution is 7.16. The summed E-state index contributed by atoms with van der Waals surface area (Å²) in [6.45, 7) is 0.448. The predicted molar refractivity (Wildman–Crippen MR) is 56.9 cm³/mol. The molecule has 7 heteroatoms. The monoisotopic (exact) mass is 242 g/mol. The number of carbonyl (C=O) groups is 1. The maximum Gasteiger partial charge on any atom is 0.273 e. The Hall–Kier alpha value is -1.40. The van der Waals surface area contributed by atoms with Gasteiger partial charge in [0.05, 0.1) is 17.1 Å². The van der Waals surface area contributed by atoms with E-state index >= 15 is 0 Å². The van der Waals surface area contributed by atoms with E-state index in [1.165, 1.54) is 17.5 Å². The van der Waals surface area contributed by atoms with Gasteiger partial charge in [0.1, 0.15) is 0 Å². The minimum atomic E-state index is -0.256. The van der Waals surface area contributed by atoms with Gasteiger partial charge in [-0.3, -0.25) is 4.79 Å². The Morgan fingerprint density at radius 3 is 3.07 bits per heavy atom. The van der Waals surface area contributed by atoms with Crippen molar-refractivity contribution in [2.45, 2.75) is 6.54 Å². The molecule has 1 amide bonds. The van der Waals surface area contributed by atoms with Gasteiger partial charge in [0.25, 0.3) is 5.91 Å². The highest BCUT2D eigenvalue weighted by Gasteiger charge is 2.08. The van der Waals surface area contributed by atoms with Crippen LogP contribution in [0, 0.1) is 0 Å². The number of halogens is 1. The van der Waals surface area contributed by atoms with Crippen LogP contribution >= 0.6 is 22.9 Å². The summed E-state index contributed by atoms with van der Waals surface area (Å²) in [5, 5.41) is 12.3. The fraction of sp³-hybridized carbons (Fsp3) is 0.125. The molecule has 0 aromatic carbocycles. The first-order chi connectivity index (χ1) is 7.25. The van der Waals surface area contributed by atoms with Gasteiger partial charge in [0.2, 0.25) is 0 Å². The first-order valence-corrected chi connectivity index (χ1v) is 5.33. The SMILES string of the molecule is O=C(NCc1ccc(Cl)s1)c1cn[nH]n1. The summed E-state index contributed by atoms with van der Waals surface area (Å²) in [6, 6.07) is 3.67. The standard InChI is InChI=1S/C8H7ClN4OS/c9-7-2-1-5(15-7)3-10-8(14)6-4-11-13-12-6/h1-2,4H,3H2,(H,10,14)(H,11,12,13). The van der Waals surface area contributed by atoms with E-state index in [-0.39, 0.29) is 11.6 Å². The third-order valence-corrected chi connectivity index (χ3v) is 2.93. The summed E-state index contributed by atoms with van der Waals surface area (Å²) in [5.41, 5.74) is 0.276. The van der Waals surface area contributed by atoms with Crippen LogP contribution in [0.4, 0.5) is 0 Å². The van der Waals surface area contributed by atoms with Gasteiger partial charge in [-0.25, -0.2) is 0 Å². The minimum absolute atomic E-state index is 0.256. The predicted octanol–water partition coefficient (Wildman–Crippen LogP) is 1.45. The molecule has 2 N–H and O–H groups in total. The van der Waals surface area contributed by atoms with Crippen LogP contribution in [-0.2, 0) is 6.54 Å². The molecule has 78 valence electrons. The van der Waals surface area contributed by atoms with E-state index in [0.717, 1.165) is 4.88 Å². The van der Waals surface area contributed by atoms with Crippen molar-refractivity contribution in [3.63, 3.8) is 0 Å². The summed E-state index contributed by atoms with van der Waals surface area (Å²) >= 11 is 7.19. The summed E-state index contributed by atoms with van der Waals surface area (Å²) in [6.07, 6.45) is 1.37. The lowest BCUT2D eigenvalue weighted by Gasteiger charge is -1.99. The van der Waals surface area contributed by atoms with E-state index in [1.54, 1.807) is 6.07 Å². The number of thiophene rings is 1. The van der Waals surface area contributed by atoms with E-state index in [2.05, 4.69) is 20.7 Å². The van der Waals surface area contributed by atoms with Crippen LogP contribution < -0.4 is 5.32 Å². The zero-order chi connectivity index (χ0) is 10.7. The third-order valence-electron chi connectivity index (χ3n) is 1.70. The Bertz CT molecular complexity index is 453. The maximum atomic E-state index is 11.4. The molecule has 0 atom stereocenters. The molecule has 0 aliphatic heterocycles. The molecule has 0 saturated carbocycles. The van der Waals surface area contributed by atoms with Crippen LogP contribution in [0.3, 0.4) is 0 Å². The van der Waals surface area contributed by atoms with Crippen molar-refractivity contribution >= 4 is 28.8 Å². The van der Waals surface area contributed by atoms with E-state index in [4.69, 9.17) is 11.6 Å². The normalized spacial score (nSPS) is 10.2. The number of nitrogens with zero attached hydrogens (tertiary/aromatic N) is 2. The molecule has 5 nitrogen and oxygen atoms in total. The van der Waals surface area contributed by atoms with Gasteiger partial charge in [-0.2, -0.15) is 15.4 Å². The number of carbonyl (C=O) groups excluding carboxylic acids is 1. The lowest BCUT2D eigenvalue weighted by molar-refractivity contribution is 0.0946. The van der Waals surface area contributed by atoms with Crippen LogP contribution in [-0.4, -0.2) is 21.3 Å². The largest absolute Gasteiger partial charge is 0.346 e. The Kier molecular flexibility index (Phi) is 2.98. The molecule has 2 heterocycles. The van der Waals surface area contributed by atoms with Crippen molar-refractivity contribution in [3.8, 4) is 0 Å². The number of nitrogens with one attached hydrogen (secondary N) is 2. The fourth-order valence-corrected chi connectivity index (χ4v) is 2.04. The highest BCUT2D eigenvalue weighted by Crippen LogP contribution is 2.20.